The molecule has 1 saturated heterocycles. The van der Waals surface area contributed by atoms with Crippen molar-refractivity contribution in [1.29, 1.82) is 0 Å². The normalized spacial score (nSPS) is 19.8. The third-order valence-electron chi connectivity index (χ3n) is 4.86. The van der Waals surface area contributed by atoms with E-state index < -0.39 is 17.8 Å². The molecule has 0 bridgehead atoms. The first-order chi connectivity index (χ1) is 12.5. The summed E-state index contributed by atoms with van der Waals surface area (Å²) >= 11 is 0. The van der Waals surface area contributed by atoms with Crippen LogP contribution in [0.1, 0.15) is 24.5 Å². The number of nitrogens with one attached hydrogen (secondary N) is 1. The van der Waals surface area contributed by atoms with Crippen LogP contribution in [-0.2, 0) is 22.6 Å². The smallest absolute Gasteiger partial charge is 0.338 e. The summed E-state index contributed by atoms with van der Waals surface area (Å²) in [6.07, 6.45) is 1.43. The molecule has 1 atom stereocenters. The molecule has 2 aliphatic heterocycles. The summed E-state index contributed by atoms with van der Waals surface area (Å²) < 4.78 is 10.7. The average molecular weight is 362 g/mol. The number of hydrogen-bond donors (Lipinski definition) is 1. The van der Waals surface area contributed by atoms with Crippen molar-refractivity contribution in [2.45, 2.75) is 26.3 Å². The summed E-state index contributed by atoms with van der Waals surface area (Å²) in [4.78, 5) is 39.7. The summed E-state index contributed by atoms with van der Waals surface area (Å²) in [5.41, 5.74) is 2.27. The average Bonchev–Trinajstić information content (AvgIpc) is 2.85. The van der Waals surface area contributed by atoms with Gasteiger partial charge in [-0.2, -0.15) is 0 Å². The summed E-state index contributed by atoms with van der Waals surface area (Å²) in [5.74, 6) is -0.0975. The fourth-order valence-electron chi connectivity index (χ4n) is 3.50. The minimum atomic E-state index is -0.728. The molecule has 8 nitrogen and oxygen atoms in total. The molecule has 4 amide bonds. The maximum absolute atomic E-state index is 12.4. The predicted octanol–water partition coefficient (Wildman–Crippen LogP) is -0.197. The second-order valence-electron chi connectivity index (χ2n) is 6.53. The van der Waals surface area contributed by atoms with Crippen LogP contribution >= 0.6 is 0 Å². The van der Waals surface area contributed by atoms with Crippen molar-refractivity contribution in [1.82, 2.24) is 9.80 Å². The van der Waals surface area contributed by atoms with Gasteiger partial charge in [-0.1, -0.05) is 6.92 Å². The van der Waals surface area contributed by atoms with E-state index in [1.54, 1.807) is 14.2 Å². The number of fused-ring (bicyclic) bond motifs is 1. The number of nitrogens with zero attached hydrogens (tertiary/aromatic N) is 2. The van der Waals surface area contributed by atoms with Gasteiger partial charge in [0.05, 0.1) is 20.8 Å². The molecule has 2 aliphatic rings. The van der Waals surface area contributed by atoms with Gasteiger partial charge in [-0.15, -0.1) is 0 Å². The maximum Gasteiger partial charge on any atom is 0.338 e. The molecular weight excluding hydrogens is 338 g/mol. The van der Waals surface area contributed by atoms with E-state index in [0.717, 1.165) is 33.2 Å². The van der Waals surface area contributed by atoms with Crippen molar-refractivity contribution in [3.05, 3.63) is 23.3 Å². The van der Waals surface area contributed by atoms with E-state index in [-0.39, 0.29) is 13.2 Å². The second-order valence-corrected chi connectivity index (χ2v) is 6.53. The molecular formula is C18H24N3O5+. The predicted molar refractivity (Wildman–Crippen MR) is 91.9 cm³/mol. The van der Waals surface area contributed by atoms with Crippen molar-refractivity contribution in [2.75, 3.05) is 34.0 Å². The molecule has 1 unspecified atom stereocenters. The number of imide groups is 2. The van der Waals surface area contributed by atoms with Crippen LogP contribution in [0.15, 0.2) is 12.1 Å². The summed E-state index contributed by atoms with van der Waals surface area (Å²) in [7, 11) is 3.20. The van der Waals surface area contributed by atoms with Crippen LogP contribution in [-0.4, -0.2) is 61.6 Å². The standard InChI is InChI=1S/C18H23N3O5/c1-4-6-20-16(22)17(23)21(18(20)24)11-19-7-5-12-8-14(25-2)15(26-3)9-13(12)10-19/h8-9H,4-7,10-11H2,1-3H3/p+1. The van der Waals surface area contributed by atoms with Crippen LogP contribution in [0.2, 0.25) is 0 Å². The van der Waals surface area contributed by atoms with Crippen molar-refractivity contribution in [3.8, 4) is 11.5 Å². The van der Waals surface area contributed by atoms with Crippen LogP contribution in [0.5, 0.6) is 11.5 Å². The second kappa shape index (κ2) is 7.33. The topological polar surface area (TPSA) is 80.6 Å². The highest BCUT2D eigenvalue weighted by molar-refractivity contribution is 6.44. The molecule has 1 aromatic rings. The Morgan fingerprint density at radius 2 is 1.62 bits per heavy atom. The van der Waals surface area contributed by atoms with E-state index in [1.807, 2.05) is 19.1 Å². The van der Waals surface area contributed by atoms with E-state index in [4.69, 9.17) is 9.47 Å². The molecule has 1 aromatic carbocycles. The quantitative estimate of drug-likeness (QED) is 0.560. The van der Waals surface area contributed by atoms with Crippen LogP contribution in [0.3, 0.4) is 0 Å². The van der Waals surface area contributed by atoms with Gasteiger partial charge >= 0.3 is 17.8 Å². The Kier molecular flexibility index (Phi) is 5.13. The molecule has 0 aliphatic carbocycles. The number of quaternary nitrogens is 1. The first-order valence-corrected chi connectivity index (χ1v) is 8.74. The maximum atomic E-state index is 12.4. The van der Waals surface area contributed by atoms with E-state index in [9.17, 15) is 14.4 Å². The lowest BCUT2D eigenvalue weighted by molar-refractivity contribution is -0.923. The molecule has 8 heteroatoms. The number of ether oxygens (including phenoxy) is 2. The van der Waals surface area contributed by atoms with Gasteiger partial charge in [0.2, 0.25) is 0 Å². The van der Waals surface area contributed by atoms with Gasteiger partial charge in [0, 0.05) is 18.5 Å². The molecule has 140 valence electrons. The Bertz CT molecular complexity index is 749. The number of urea groups is 1. The summed E-state index contributed by atoms with van der Waals surface area (Å²) in [6.45, 7) is 3.74. The minimum absolute atomic E-state index is 0.192. The highest BCUT2D eigenvalue weighted by atomic mass is 16.5. The lowest BCUT2D eigenvalue weighted by Crippen LogP contribution is -3.13. The zero-order valence-corrected chi connectivity index (χ0v) is 15.3. The Labute approximate surface area is 152 Å². The van der Waals surface area contributed by atoms with E-state index >= 15 is 0 Å². The van der Waals surface area contributed by atoms with Gasteiger partial charge in [0.1, 0.15) is 6.54 Å². The first kappa shape index (κ1) is 18.2. The highest BCUT2D eigenvalue weighted by Crippen LogP contribution is 2.31. The van der Waals surface area contributed by atoms with E-state index in [0.29, 0.717) is 24.5 Å². The van der Waals surface area contributed by atoms with Crippen LogP contribution in [0.25, 0.3) is 0 Å². The SMILES string of the molecule is CCCN1C(=O)C(=O)N(C[NH+]2CCc3cc(OC)c(OC)cc3C2)C1=O. The van der Waals surface area contributed by atoms with Gasteiger partial charge in [-0.3, -0.25) is 14.5 Å². The van der Waals surface area contributed by atoms with Crippen molar-refractivity contribution in [2.24, 2.45) is 0 Å². The number of methoxy groups -OCH3 is 2. The molecule has 0 aromatic heterocycles. The molecule has 0 saturated carbocycles. The lowest BCUT2D eigenvalue weighted by Gasteiger charge is -2.28. The molecule has 0 spiro atoms. The summed E-state index contributed by atoms with van der Waals surface area (Å²) in [6, 6.07) is 3.41. The van der Waals surface area contributed by atoms with Gasteiger partial charge in [-0.25, -0.2) is 9.69 Å². The van der Waals surface area contributed by atoms with Crippen molar-refractivity contribution >= 4 is 17.8 Å². The third-order valence-corrected chi connectivity index (χ3v) is 4.86. The first-order valence-electron chi connectivity index (χ1n) is 8.74. The van der Waals surface area contributed by atoms with E-state index in [2.05, 4.69) is 0 Å². The number of carbonyl (C=O) groups excluding carboxylic acids is 3. The number of amides is 4. The molecule has 1 fully saturated rings. The van der Waals surface area contributed by atoms with Gasteiger partial charge in [0.25, 0.3) is 0 Å². The van der Waals surface area contributed by atoms with Crippen LogP contribution in [0, 0.1) is 0 Å². The Morgan fingerprint density at radius 3 is 2.23 bits per heavy atom. The van der Waals surface area contributed by atoms with Crippen LogP contribution in [0.4, 0.5) is 4.79 Å². The van der Waals surface area contributed by atoms with Crippen molar-refractivity contribution in [3.63, 3.8) is 0 Å². The minimum Gasteiger partial charge on any atom is -0.493 e. The van der Waals surface area contributed by atoms with Crippen LogP contribution < -0.4 is 14.4 Å². The number of rotatable bonds is 6. The highest BCUT2D eigenvalue weighted by Gasteiger charge is 2.45. The molecule has 0 radical (unpaired) electrons. The monoisotopic (exact) mass is 362 g/mol. The lowest BCUT2D eigenvalue weighted by atomic mass is 9.99. The Morgan fingerprint density at radius 1 is 1.00 bits per heavy atom. The van der Waals surface area contributed by atoms with E-state index in [1.165, 1.54) is 5.56 Å². The number of benzene rings is 1. The third kappa shape index (κ3) is 3.12. The summed E-state index contributed by atoms with van der Waals surface area (Å²) in [5, 5.41) is 0. The van der Waals surface area contributed by atoms with Gasteiger partial charge < -0.3 is 14.4 Å². The molecule has 1 N–H and O–H groups in total. The molecule has 2 heterocycles. The van der Waals surface area contributed by atoms with Crippen molar-refractivity contribution < 1.29 is 28.8 Å². The number of hydrogen-bond acceptors (Lipinski definition) is 5. The fraction of sp³-hybridized carbons (Fsp3) is 0.500. The number of carbonyl (C=O) groups is 3. The molecule has 26 heavy (non-hydrogen) atoms. The largest absolute Gasteiger partial charge is 0.493 e. The zero-order valence-electron chi connectivity index (χ0n) is 15.3. The Balaban J connectivity index is 1.74. The van der Waals surface area contributed by atoms with Gasteiger partial charge in [-0.05, 0) is 24.1 Å². The Hall–Kier alpha value is -2.61. The van der Waals surface area contributed by atoms with Gasteiger partial charge in [0.15, 0.2) is 18.2 Å². The fourth-order valence-corrected chi connectivity index (χ4v) is 3.50. The molecule has 3 rings (SSSR count). The zero-order chi connectivity index (χ0) is 18.8.